The van der Waals surface area contributed by atoms with Gasteiger partial charge in [0.05, 0.1) is 5.56 Å². The number of anilines is 1. The van der Waals surface area contributed by atoms with Gasteiger partial charge in [0.25, 0.3) is 0 Å². The third-order valence-electron chi connectivity index (χ3n) is 3.26. The zero-order chi connectivity index (χ0) is 13.9. The number of nitriles is 1. The van der Waals surface area contributed by atoms with E-state index in [1.54, 1.807) is 18.2 Å². The van der Waals surface area contributed by atoms with Crippen LogP contribution < -0.4 is 10.5 Å². The predicted molar refractivity (Wildman–Crippen MR) is 80.9 cm³/mol. The molecule has 0 spiro atoms. The van der Waals surface area contributed by atoms with Crippen molar-refractivity contribution in [2.24, 2.45) is 0 Å². The van der Waals surface area contributed by atoms with Crippen molar-refractivity contribution in [2.45, 2.75) is 16.6 Å². The number of benzene rings is 2. The van der Waals surface area contributed by atoms with Gasteiger partial charge in [0.15, 0.2) is 0 Å². The Morgan fingerprint density at radius 2 is 2.15 bits per heavy atom. The van der Waals surface area contributed by atoms with Crippen LogP contribution in [0.1, 0.15) is 11.1 Å². The highest BCUT2D eigenvalue weighted by atomic mass is 32.2. The summed E-state index contributed by atoms with van der Waals surface area (Å²) in [5, 5.41) is 9.49. The van der Waals surface area contributed by atoms with Crippen molar-refractivity contribution in [3.8, 4) is 11.8 Å². The van der Waals surface area contributed by atoms with Gasteiger partial charge in [0, 0.05) is 15.8 Å². The fourth-order valence-corrected chi connectivity index (χ4v) is 3.51. The van der Waals surface area contributed by atoms with Crippen molar-refractivity contribution in [3.63, 3.8) is 0 Å². The van der Waals surface area contributed by atoms with Gasteiger partial charge in [-0.25, -0.2) is 0 Å². The summed E-state index contributed by atoms with van der Waals surface area (Å²) in [6.07, 6.45) is 1.01. The van der Waals surface area contributed by atoms with E-state index in [1.165, 1.54) is 10.5 Å². The van der Waals surface area contributed by atoms with E-state index in [0.717, 1.165) is 6.42 Å². The number of ether oxygens (including phenoxy) is 1. The molecule has 3 rings (SSSR count). The second-order valence-corrected chi connectivity index (χ2v) is 6.07. The maximum atomic E-state index is 9.09. The van der Waals surface area contributed by atoms with E-state index in [-0.39, 0.29) is 0 Å². The number of rotatable bonds is 3. The lowest BCUT2D eigenvalue weighted by atomic mass is 10.1. The Hall–Kier alpha value is -2.12. The highest BCUT2D eigenvalue weighted by Crippen LogP contribution is 2.37. The van der Waals surface area contributed by atoms with Gasteiger partial charge in [-0.05, 0) is 36.2 Å². The van der Waals surface area contributed by atoms with E-state index in [0.29, 0.717) is 28.9 Å². The van der Waals surface area contributed by atoms with E-state index in [2.05, 4.69) is 30.3 Å². The summed E-state index contributed by atoms with van der Waals surface area (Å²) >= 11 is 1.84. The molecule has 0 saturated heterocycles. The Kier molecular flexibility index (Phi) is 3.53. The molecular formula is C16H14N2OS. The predicted octanol–water partition coefficient (Wildman–Crippen LogP) is 3.24. The monoisotopic (exact) mass is 282 g/mol. The average molecular weight is 282 g/mol. The molecule has 0 radical (unpaired) electrons. The number of hydrogen-bond donors (Lipinski definition) is 1. The first-order valence-electron chi connectivity index (χ1n) is 6.43. The molecule has 0 amide bonds. The third kappa shape index (κ3) is 2.59. The molecule has 2 aromatic rings. The van der Waals surface area contributed by atoms with E-state index < -0.39 is 0 Å². The summed E-state index contributed by atoms with van der Waals surface area (Å²) in [4.78, 5) is 1.33. The molecule has 1 aliphatic rings. The SMILES string of the molecule is N#Cc1cc(N)ccc1OCC1Cc2ccccc2S1. The average Bonchev–Trinajstić information content (AvgIpc) is 2.88. The van der Waals surface area contributed by atoms with Crippen molar-refractivity contribution in [1.82, 2.24) is 0 Å². The van der Waals surface area contributed by atoms with Gasteiger partial charge in [-0.3, -0.25) is 0 Å². The molecule has 1 aliphatic heterocycles. The van der Waals surface area contributed by atoms with Gasteiger partial charge >= 0.3 is 0 Å². The topological polar surface area (TPSA) is 59.0 Å². The smallest absolute Gasteiger partial charge is 0.137 e. The molecule has 2 N–H and O–H groups in total. The van der Waals surface area contributed by atoms with Gasteiger partial charge in [-0.1, -0.05) is 18.2 Å². The molecule has 1 atom stereocenters. The normalized spacial score (nSPS) is 16.4. The van der Waals surface area contributed by atoms with Crippen LogP contribution in [0.3, 0.4) is 0 Å². The minimum atomic E-state index is 0.400. The van der Waals surface area contributed by atoms with Gasteiger partial charge in [-0.15, -0.1) is 11.8 Å². The van der Waals surface area contributed by atoms with Crippen LogP contribution in [0.2, 0.25) is 0 Å². The molecule has 20 heavy (non-hydrogen) atoms. The molecule has 3 nitrogen and oxygen atoms in total. The van der Waals surface area contributed by atoms with Crippen molar-refractivity contribution >= 4 is 17.4 Å². The third-order valence-corrected chi connectivity index (χ3v) is 4.55. The van der Waals surface area contributed by atoms with Crippen molar-refractivity contribution in [2.75, 3.05) is 12.3 Å². The lowest BCUT2D eigenvalue weighted by molar-refractivity contribution is 0.317. The first kappa shape index (κ1) is 12.9. The van der Waals surface area contributed by atoms with Crippen LogP contribution in [0.15, 0.2) is 47.4 Å². The Morgan fingerprint density at radius 3 is 2.95 bits per heavy atom. The minimum Gasteiger partial charge on any atom is -0.491 e. The molecule has 0 aliphatic carbocycles. The molecule has 1 unspecified atom stereocenters. The lowest BCUT2D eigenvalue weighted by Gasteiger charge is -2.12. The molecule has 0 bridgehead atoms. The van der Waals surface area contributed by atoms with Gasteiger partial charge in [0.1, 0.15) is 18.4 Å². The number of nitrogens with two attached hydrogens (primary N) is 1. The van der Waals surface area contributed by atoms with Crippen molar-refractivity contribution < 1.29 is 4.74 Å². The zero-order valence-electron chi connectivity index (χ0n) is 10.9. The van der Waals surface area contributed by atoms with Gasteiger partial charge in [0.2, 0.25) is 0 Å². The molecule has 0 fully saturated rings. The number of thioether (sulfide) groups is 1. The molecule has 0 saturated carbocycles. The summed E-state index contributed by atoms with van der Waals surface area (Å²) in [6, 6.07) is 15.7. The maximum Gasteiger partial charge on any atom is 0.137 e. The van der Waals surface area contributed by atoms with E-state index in [4.69, 9.17) is 15.7 Å². The Balaban J connectivity index is 1.66. The Labute approximate surface area is 122 Å². The lowest BCUT2D eigenvalue weighted by Crippen LogP contribution is -2.14. The highest BCUT2D eigenvalue weighted by molar-refractivity contribution is 8.00. The largest absolute Gasteiger partial charge is 0.491 e. The summed E-state index contributed by atoms with van der Waals surface area (Å²) in [5.74, 6) is 0.609. The van der Waals surface area contributed by atoms with Crippen LogP contribution in [0, 0.1) is 11.3 Å². The van der Waals surface area contributed by atoms with Crippen LogP contribution in [-0.2, 0) is 6.42 Å². The Bertz CT molecular complexity index is 653. The van der Waals surface area contributed by atoms with Gasteiger partial charge in [-0.2, -0.15) is 5.26 Å². The molecule has 100 valence electrons. The van der Waals surface area contributed by atoms with Crippen LogP contribution in [0.5, 0.6) is 5.75 Å². The fourth-order valence-electron chi connectivity index (χ4n) is 2.29. The van der Waals surface area contributed by atoms with Crippen LogP contribution in [0.4, 0.5) is 5.69 Å². The molecule has 4 heteroatoms. The van der Waals surface area contributed by atoms with Gasteiger partial charge < -0.3 is 10.5 Å². The minimum absolute atomic E-state index is 0.400. The van der Waals surface area contributed by atoms with Crippen LogP contribution >= 0.6 is 11.8 Å². The standard InChI is InChI=1S/C16H14N2OS/c17-9-12-7-13(18)5-6-15(12)19-10-14-8-11-3-1-2-4-16(11)20-14/h1-7,14H,8,10,18H2. The molecular weight excluding hydrogens is 268 g/mol. The summed E-state index contributed by atoms with van der Waals surface area (Å²) in [5.41, 5.74) is 8.12. The van der Waals surface area contributed by atoms with E-state index in [9.17, 15) is 0 Å². The van der Waals surface area contributed by atoms with E-state index >= 15 is 0 Å². The first-order valence-corrected chi connectivity index (χ1v) is 7.31. The van der Waals surface area contributed by atoms with Crippen LogP contribution in [0.25, 0.3) is 0 Å². The number of hydrogen-bond acceptors (Lipinski definition) is 4. The fraction of sp³-hybridized carbons (Fsp3) is 0.188. The van der Waals surface area contributed by atoms with Crippen molar-refractivity contribution in [1.29, 1.82) is 5.26 Å². The van der Waals surface area contributed by atoms with E-state index in [1.807, 2.05) is 11.8 Å². The number of nitrogens with zero attached hydrogens (tertiary/aromatic N) is 1. The second-order valence-electron chi connectivity index (χ2n) is 4.73. The maximum absolute atomic E-state index is 9.09. The number of fused-ring (bicyclic) bond motifs is 1. The summed E-state index contributed by atoms with van der Waals surface area (Å²) in [6.45, 7) is 0.595. The molecule has 2 aromatic carbocycles. The summed E-state index contributed by atoms with van der Waals surface area (Å²) < 4.78 is 5.80. The summed E-state index contributed by atoms with van der Waals surface area (Å²) in [7, 11) is 0. The zero-order valence-corrected chi connectivity index (χ0v) is 11.7. The highest BCUT2D eigenvalue weighted by Gasteiger charge is 2.22. The quantitative estimate of drug-likeness (QED) is 0.878. The molecule has 0 aromatic heterocycles. The Morgan fingerprint density at radius 1 is 1.30 bits per heavy atom. The molecule has 1 heterocycles. The van der Waals surface area contributed by atoms with Crippen molar-refractivity contribution in [3.05, 3.63) is 53.6 Å². The van der Waals surface area contributed by atoms with Crippen LogP contribution in [-0.4, -0.2) is 11.9 Å². The number of nitrogen functional groups attached to an aromatic ring is 1. The first-order chi connectivity index (χ1) is 9.76. The second kappa shape index (κ2) is 5.48.